The molecule has 8 heteroatoms. The number of fused-ring (bicyclic) bond motifs is 3. The molecule has 1 aliphatic heterocycles. The summed E-state index contributed by atoms with van der Waals surface area (Å²) in [7, 11) is -3.63. The van der Waals surface area contributed by atoms with Crippen molar-refractivity contribution < 1.29 is 28.2 Å². The first-order valence-electron chi connectivity index (χ1n) is 9.76. The number of carboxylic acid groups (broad SMARTS) is 1. The van der Waals surface area contributed by atoms with Gasteiger partial charge < -0.3 is 14.9 Å². The number of benzene rings is 2. The van der Waals surface area contributed by atoms with Crippen LogP contribution < -0.4 is 9.46 Å². The van der Waals surface area contributed by atoms with Crippen LogP contribution in [0.2, 0.25) is 0 Å². The monoisotopic (exact) mass is 429 g/mol. The molecule has 4 rings (SSSR count). The Balaban J connectivity index is 1.54. The number of hydrogen-bond donors (Lipinski definition) is 3. The fraction of sp³-hybridized carbons (Fsp3) is 0.318. The van der Waals surface area contributed by atoms with Crippen molar-refractivity contribution in [1.29, 1.82) is 0 Å². The first kappa shape index (κ1) is 20.6. The molecule has 4 atom stereocenters. The summed E-state index contributed by atoms with van der Waals surface area (Å²) in [6, 6.07) is 14.0. The number of carbonyl (C=O) groups is 1. The van der Waals surface area contributed by atoms with E-state index in [2.05, 4.69) is 4.72 Å². The molecule has 1 heterocycles. The first-order chi connectivity index (χ1) is 14.3. The molecule has 4 unspecified atom stereocenters. The fourth-order valence-electron chi connectivity index (χ4n) is 4.25. The number of nitrogens with one attached hydrogen (secondary N) is 1. The maximum Gasteiger partial charge on any atom is 0.328 e. The molecule has 1 aliphatic carbocycles. The SMILES string of the molecule is O=C(O)C=Cc1cccc2c1OC1CC(O)C(NS(=O)(=O)CCc3ccccc3)C21. The maximum atomic E-state index is 12.7. The topological polar surface area (TPSA) is 113 Å². The highest BCUT2D eigenvalue weighted by molar-refractivity contribution is 7.89. The standard InChI is InChI=1S/C22H23NO6S/c24-17-13-18-20(16-8-4-7-15(22(16)29-18)9-10-19(25)26)21(17)23-30(27,28)12-11-14-5-2-1-3-6-14/h1-10,17-18,20-21,23-24H,11-13H2,(H,25,26). The van der Waals surface area contributed by atoms with Gasteiger partial charge in [0.25, 0.3) is 0 Å². The molecule has 2 aromatic rings. The molecule has 2 aliphatic rings. The van der Waals surface area contributed by atoms with Crippen LogP contribution in [0, 0.1) is 0 Å². The number of hydrogen-bond acceptors (Lipinski definition) is 5. The summed E-state index contributed by atoms with van der Waals surface area (Å²) in [5, 5.41) is 19.4. The Kier molecular flexibility index (Phi) is 5.64. The second-order valence-corrected chi connectivity index (χ2v) is 9.49. The van der Waals surface area contributed by atoms with Gasteiger partial charge in [-0.05, 0) is 18.1 Å². The van der Waals surface area contributed by atoms with E-state index in [9.17, 15) is 18.3 Å². The molecule has 7 nitrogen and oxygen atoms in total. The molecule has 0 amide bonds. The smallest absolute Gasteiger partial charge is 0.328 e. The van der Waals surface area contributed by atoms with Crippen molar-refractivity contribution in [3.05, 3.63) is 71.3 Å². The minimum Gasteiger partial charge on any atom is -0.489 e. The summed E-state index contributed by atoms with van der Waals surface area (Å²) in [6.45, 7) is 0. The van der Waals surface area contributed by atoms with Crippen molar-refractivity contribution in [2.45, 2.75) is 37.0 Å². The van der Waals surface area contributed by atoms with Gasteiger partial charge in [-0.2, -0.15) is 0 Å². The first-order valence-corrected chi connectivity index (χ1v) is 11.4. The quantitative estimate of drug-likeness (QED) is 0.580. The predicted octanol–water partition coefficient (Wildman–Crippen LogP) is 1.92. The molecule has 2 aromatic carbocycles. The predicted molar refractivity (Wildman–Crippen MR) is 112 cm³/mol. The average Bonchev–Trinajstić information content (AvgIpc) is 3.21. The van der Waals surface area contributed by atoms with E-state index in [-0.39, 0.29) is 17.8 Å². The summed E-state index contributed by atoms with van der Waals surface area (Å²) in [4.78, 5) is 10.8. The van der Waals surface area contributed by atoms with Gasteiger partial charge in [-0.3, -0.25) is 0 Å². The number of ether oxygens (including phenoxy) is 1. The Labute approximate surface area is 175 Å². The molecule has 0 saturated heterocycles. The number of aliphatic hydroxyl groups excluding tert-OH is 1. The zero-order valence-corrected chi connectivity index (χ0v) is 17.0. The third-order valence-corrected chi connectivity index (χ3v) is 6.98. The Bertz CT molecular complexity index is 1070. The van der Waals surface area contributed by atoms with Crippen LogP contribution in [0.5, 0.6) is 5.75 Å². The lowest BCUT2D eigenvalue weighted by Crippen LogP contribution is -2.44. The number of sulfonamides is 1. The minimum absolute atomic E-state index is 0.0767. The Morgan fingerprint density at radius 1 is 1.17 bits per heavy atom. The molecular formula is C22H23NO6S. The summed E-state index contributed by atoms with van der Waals surface area (Å²) in [6.07, 6.45) is 1.94. The van der Waals surface area contributed by atoms with Crippen molar-refractivity contribution in [2.75, 3.05) is 5.75 Å². The van der Waals surface area contributed by atoms with E-state index in [1.54, 1.807) is 12.1 Å². The van der Waals surface area contributed by atoms with Crippen LogP contribution in [0.15, 0.2) is 54.6 Å². The minimum atomic E-state index is -3.63. The van der Waals surface area contributed by atoms with Gasteiger partial charge in [0, 0.05) is 29.5 Å². The molecule has 1 fully saturated rings. The molecule has 30 heavy (non-hydrogen) atoms. The fourth-order valence-corrected chi connectivity index (χ4v) is 5.59. The zero-order chi connectivity index (χ0) is 21.3. The van der Waals surface area contributed by atoms with E-state index < -0.39 is 28.1 Å². The highest BCUT2D eigenvalue weighted by atomic mass is 32.2. The van der Waals surface area contributed by atoms with Crippen LogP contribution in [-0.4, -0.2) is 48.6 Å². The number of rotatable bonds is 7. The van der Waals surface area contributed by atoms with Gasteiger partial charge in [-0.25, -0.2) is 17.9 Å². The van der Waals surface area contributed by atoms with Crippen LogP contribution in [0.3, 0.4) is 0 Å². The number of aliphatic carboxylic acids is 1. The van der Waals surface area contributed by atoms with Crippen molar-refractivity contribution in [3.63, 3.8) is 0 Å². The molecule has 0 aromatic heterocycles. The van der Waals surface area contributed by atoms with Crippen molar-refractivity contribution in [1.82, 2.24) is 4.72 Å². The van der Waals surface area contributed by atoms with E-state index in [4.69, 9.17) is 9.84 Å². The lowest BCUT2D eigenvalue weighted by atomic mass is 9.93. The van der Waals surface area contributed by atoms with Gasteiger partial charge in [-0.15, -0.1) is 0 Å². The summed E-state index contributed by atoms with van der Waals surface area (Å²) in [5.41, 5.74) is 2.32. The molecule has 0 bridgehead atoms. The molecule has 0 radical (unpaired) electrons. The normalized spacial score (nSPS) is 25.1. The number of aliphatic hydroxyl groups is 1. The second-order valence-electron chi connectivity index (χ2n) is 7.62. The third kappa shape index (κ3) is 4.26. The van der Waals surface area contributed by atoms with E-state index in [0.717, 1.165) is 17.2 Å². The lowest BCUT2D eigenvalue weighted by Gasteiger charge is -2.22. The summed E-state index contributed by atoms with van der Waals surface area (Å²) in [5.74, 6) is -0.928. The van der Waals surface area contributed by atoms with Crippen LogP contribution in [0.25, 0.3) is 6.08 Å². The van der Waals surface area contributed by atoms with Crippen LogP contribution in [0.1, 0.15) is 29.0 Å². The maximum absolute atomic E-state index is 12.7. The van der Waals surface area contributed by atoms with Gasteiger partial charge in [0.1, 0.15) is 11.9 Å². The molecule has 158 valence electrons. The molecule has 3 N–H and O–H groups in total. The van der Waals surface area contributed by atoms with E-state index >= 15 is 0 Å². The van der Waals surface area contributed by atoms with Gasteiger partial charge in [-0.1, -0.05) is 48.5 Å². The Morgan fingerprint density at radius 3 is 2.67 bits per heavy atom. The Hall–Kier alpha value is -2.68. The van der Waals surface area contributed by atoms with Crippen LogP contribution in [-0.2, 0) is 21.2 Å². The molecule has 1 saturated carbocycles. The second kappa shape index (κ2) is 8.22. The summed E-state index contributed by atoms with van der Waals surface area (Å²) >= 11 is 0. The lowest BCUT2D eigenvalue weighted by molar-refractivity contribution is -0.131. The van der Waals surface area contributed by atoms with Gasteiger partial charge in [0.15, 0.2) is 0 Å². The van der Waals surface area contributed by atoms with E-state index in [1.165, 1.54) is 6.08 Å². The van der Waals surface area contributed by atoms with Gasteiger partial charge in [0.2, 0.25) is 10.0 Å². The van der Waals surface area contributed by atoms with Crippen molar-refractivity contribution in [3.8, 4) is 5.75 Å². The molecule has 0 spiro atoms. The van der Waals surface area contributed by atoms with Crippen molar-refractivity contribution >= 4 is 22.1 Å². The average molecular weight is 429 g/mol. The highest BCUT2D eigenvalue weighted by Gasteiger charge is 2.51. The van der Waals surface area contributed by atoms with Gasteiger partial charge in [0.05, 0.1) is 17.9 Å². The van der Waals surface area contributed by atoms with Crippen LogP contribution in [0.4, 0.5) is 0 Å². The van der Waals surface area contributed by atoms with Crippen molar-refractivity contribution in [2.24, 2.45) is 0 Å². The summed E-state index contributed by atoms with van der Waals surface area (Å²) < 4.78 is 34.1. The van der Waals surface area contributed by atoms with Gasteiger partial charge >= 0.3 is 5.97 Å². The highest BCUT2D eigenvalue weighted by Crippen LogP contribution is 2.49. The van der Waals surface area contributed by atoms with E-state index in [1.807, 2.05) is 36.4 Å². The number of aryl methyl sites for hydroxylation is 1. The number of carboxylic acids is 1. The molecular weight excluding hydrogens is 406 g/mol. The van der Waals surface area contributed by atoms with E-state index in [0.29, 0.717) is 24.2 Å². The largest absolute Gasteiger partial charge is 0.489 e. The zero-order valence-electron chi connectivity index (χ0n) is 16.1. The third-order valence-electron chi connectivity index (χ3n) is 5.60. The number of para-hydroxylation sites is 1. The Morgan fingerprint density at radius 2 is 1.93 bits per heavy atom. The van der Waals surface area contributed by atoms with Crippen LogP contribution >= 0.6 is 0 Å².